The molecule has 0 spiro atoms. The van der Waals surface area contributed by atoms with Gasteiger partial charge >= 0.3 is 0 Å². The number of aryl methyl sites for hydroxylation is 3. The number of thiazole rings is 1. The van der Waals surface area contributed by atoms with Gasteiger partial charge in [0.05, 0.1) is 10.7 Å². The van der Waals surface area contributed by atoms with Crippen LogP contribution in [0.1, 0.15) is 37.5 Å². The van der Waals surface area contributed by atoms with Gasteiger partial charge in [0.15, 0.2) is 0 Å². The first-order valence-electron chi connectivity index (χ1n) is 8.94. The molecule has 0 saturated carbocycles. The van der Waals surface area contributed by atoms with Gasteiger partial charge in [-0.05, 0) is 44.9 Å². The number of aromatic nitrogens is 1. The van der Waals surface area contributed by atoms with Crippen molar-refractivity contribution < 1.29 is 4.79 Å². The molecule has 0 aliphatic carbocycles. The summed E-state index contributed by atoms with van der Waals surface area (Å²) < 4.78 is 0. The normalized spacial score (nSPS) is 26.2. The molecule has 0 radical (unpaired) electrons. The minimum Gasteiger partial charge on any atom is -0.337 e. The Kier molecular flexibility index (Phi) is 4.16. The van der Waals surface area contributed by atoms with Gasteiger partial charge in [-0.2, -0.15) is 0 Å². The lowest BCUT2D eigenvalue weighted by atomic mass is 9.88. The maximum absolute atomic E-state index is 13.0. The van der Waals surface area contributed by atoms with Crippen molar-refractivity contribution in [1.29, 1.82) is 0 Å². The Morgan fingerprint density at radius 2 is 1.92 bits per heavy atom. The Hall–Kier alpha value is -1.72. The van der Waals surface area contributed by atoms with Crippen LogP contribution >= 0.6 is 11.3 Å². The molecule has 5 heteroatoms. The molecule has 2 aliphatic rings. The van der Waals surface area contributed by atoms with Gasteiger partial charge in [-0.15, -0.1) is 11.3 Å². The van der Waals surface area contributed by atoms with Gasteiger partial charge in [-0.1, -0.05) is 24.3 Å². The van der Waals surface area contributed by atoms with Crippen molar-refractivity contribution in [2.24, 2.45) is 11.8 Å². The van der Waals surface area contributed by atoms with Gasteiger partial charge in [-0.3, -0.25) is 9.69 Å². The second-order valence-corrected chi connectivity index (χ2v) is 8.73. The van der Waals surface area contributed by atoms with E-state index in [0.29, 0.717) is 17.9 Å². The Labute approximate surface area is 153 Å². The summed E-state index contributed by atoms with van der Waals surface area (Å²) in [5.41, 5.74) is 3.63. The van der Waals surface area contributed by atoms with Crippen molar-refractivity contribution >= 4 is 17.2 Å². The number of amides is 1. The quantitative estimate of drug-likeness (QED) is 0.828. The summed E-state index contributed by atoms with van der Waals surface area (Å²) in [6, 6.07) is 9.08. The first-order valence-corrected chi connectivity index (χ1v) is 9.76. The molecule has 2 aromatic rings. The Balaban J connectivity index is 1.58. The van der Waals surface area contributed by atoms with E-state index in [0.717, 1.165) is 35.2 Å². The average Bonchev–Trinajstić information content (AvgIpc) is 3.20. The maximum Gasteiger partial charge on any atom is 0.265 e. The number of carbonyl (C=O) groups excluding carboxylic acids is 1. The second-order valence-electron chi connectivity index (χ2n) is 7.52. The van der Waals surface area contributed by atoms with Gasteiger partial charge in [0.25, 0.3) is 5.91 Å². The third-order valence-electron chi connectivity index (χ3n) is 5.79. The van der Waals surface area contributed by atoms with Crippen LogP contribution in [0.4, 0.5) is 0 Å². The Bertz CT molecular complexity index is 815. The number of fused-ring (bicyclic) bond motifs is 1. The van der Waals surface area contributed by atoms with E-state index in [-0.39, 0.29) is 5.91 Å². The van der Waals surface area contributed by atoms with Crippen molar-refractivity contribution in [3.8, 4) is 0 Å². The highest BCUT2D eigenvalue weighted by Crippen LogP contribution is 2.45. The van der Waals surface area contributed by atoms with Crippen LogP contribution < -0.4 is 0 Å². The molecule has 2 fully saturated rings. The predicted octanol–water partition coefficient (Wildman–Crippen LogP) is 3.44. The summed E-state index contributed by atoms with van der Waals surface area (Å²) in [5.74, 6) is 1.25. The summed E-state index contributed by atoms with van der Waals surface area (Å²) in [5, 5.41) is 0.970. The molecule has 2 aliphatic heterocycles. The Morgan fingerprint density at radius 3 is 2.60 bits per heavy atom. The van der Waals surface area contributed by atoms with Crippen molar-refractivity contribution in [3.63, 3.8) is 0 Å². The highest BCUT2D eigenvalue weighted by Gasteiger charge is 2.47. The lowest BCUT2D eigenvalue weighted by Crippen LogP contribution is -2.33. The zero-order valence-corrected chi connectivity index (χ0v) is 16.1. The minimum atomic E-state index is 0.170. The molecular formula is C20H25N3OS. The highest BCUT2D eigenvalue weighted by atomic mass is 32.1. The van der Waals surface area contributed by atoms with E-state index in [4.69, 9.17) is 0 Å². The third kappa shape index (κ3) is 2.79. The standard InChI is InChI=1S/C20H25N3OS/c1-12-7-5-6-8-16(12)18-17-11-23(10-15(17)9-22(18)4)20(24)19-13(2)21-14(3)25-19/h5-8,15,17-18H,9-11H2,1-4H3/t15-,17+,18+/m0/s1. The predicted molar refractivity (Wildman–Crippen MR) is 101 cm³/mol. The molecule has 1 aromatic heterocycles. The molecular weight excluding hydrogens is 330 g/mol. The average molecular weight is 356 g/mol. The fourth-order valence-electron chi connectivity index (χ4n) is 4.68. The third-order valence-corrected chi connectivity index (χ3v) is 6.85. The number of hydrogen-bond acceptors (Lipinski definition) is 4. The molecule has 4 rings (SSSR count). The molecule has 4 nitrogen and oxygen atoms in total. The SMILES string of the molecule is Cc1nc(C)c(C(=O)N2C[C@@H]3CN(C)[C@H](c4ccccc4C)[C@@H]3C2)s1. The number of nitrogens with zero attached hydrogens (tertiary/aromatic N) is 3. The summed E-state index contributed by atoms with van der Waals surface area (Å²) in [6.45, 7) is 8.88. The van der Waals surface area contributed by atoms with E-state index in [9.17, 15) is 4.79 Å². The molecule has 1 aromatic carbocycles. The van der Waals surface area contributed by atoms with Crippen LogP contribution in [0.2, 0.25) is 0 Å². The summed E-state index contributed by atoms with van der Waals surface area (Å²) in [6.07, 6.45) is 0. The summed E-state index contributed by atoms with van der Waals surface area (Å²) >= 11 is 1.52. The van der Waals surface area contributed by atoms with Gasteiger partial charge in [0, 0.05) is 31.6 Å². The molecule has 0 unspecified atom stereocenters. The molecule has 132 valence electrons. The van der Waals surface area contributed by atoms with E-state index in [2.05, 4.69) is 53.0 Å². The van der Waals surface area contributed by atoms with E-state index in [1.165, 1.54) is 22.5 Å². The monoisotopic (exact) mass is 355 g/mol. The van der Waals surface area contributed by atoms with Crippen molar-refractivity contribution in [2.75, 3.05) is 26.7 Å². The first kappa shape index (κ1) is 16.7. The number of carbonyl (C=O) groups is 1. The van der Waals surface area contributed by atoms with E-state index >= 15 is 0 Å². The van der Waals surface area contributed by atoms with Crippen LogP contribution in [-0.4, -0.2) is 47.4 Å². The molecule has 0 N–H and O–H groups in total. The van der Waals surface area contributed by atoms with Crippen LogP contribution in [0.3, 0.4) is 0 Å². The van der Waals surface area contributed by atoms with E-state index < -0.39 is 0 Å². The van der Waals surface area contributed by atoms with Crippen LogP contribution in [0.15, 0.2) is 24.3 Å². The molecule has 2 saturated heterocycles. The Morgan fingerprint density at radius 1 is 1.16 bits per heavy atom. The summed E-state index contributed by atoms with van der Waals surface area (Å²) in [4.78, 5) is 22.8. The number of rotatable bonds is 2. The molecule has 1 amide bonds. The van der Waals surface area contributed by atoms with Crippen molar-refractivity contribution in [2.45, 2.75) is 26.8 Å². The van der Waals surface area contributed by atoms with Crippen LogP contribution in [0.25, 0.3) is 0 Å². The number of hydrogen-bond donors (Lipinski definition) is 0. The maximum atomic E-state index is 13.0. The van der Waals surface area contributed by atoms with E-state index in [1.54, 1.807) is 0 Å². The largest absolute Gasteiger partial charge is 0.337 e. The van der Waals surface area contributed by atoms with Crippen molar-refractivity contribution in [1.82, 2.24) is 14.8 Å². The molecule has 3 heterocycles. The summed E-state index contributed by atoms with van der Waals surface area (Å²) in [7, 11) is 2.22. The fraction of sp³-hybridized carbons (Fsp3) is 0.500. The minimum absolute atomic E-state index is 0.170. The van der Waals surface area contributed by atoms with Gasteiger partial charge in [0.1, 0.15) is 4.88 Å². The van der Waals surface area contributed by atoms with Gasteiger partial charge in [-0.25, -0.2) is 4.98 Å². The number of benzene rings is 1. The van der Waals surface area contributed by atoms with Crippen LogP contribution in [0.5, 0.6) is 0 Å². The van der Waals surface area contributed by atoms with Crippen LogP contribution in [0, 0.1) is 32.6 Å². The fourth-order valence-corrected chi connectivity index (χ4v) is 5.57. The zero-order chi connectivity index (χ0) is 17.7. The second kappa shape index (κ2) is 6.22. The van der Waals surface area contributed by atoms with Crippen LogP contribution in [-0.2, 0) is 0 Å². The topological polar surface area (TPSA) is 36.4 Å². The van der Waals surface area contributed by atoms with Crippen molar-refractivity contribution in [3.05, 3.63) is 51.0 Å². The van der Waals surface area contributed by atoms with E-state index in [1.807, 2.05) is 13.8 Å². The first-order chi connectivity index (χ1) is 12.0. The zero-order valence-electron chi connectivity index (χ0n) is 15.3. The lowest BCUT2D eigenvalue weighted by molar-refractivity contribution is 0.0771. The lowest BCUT2D eigenvalue weighted by Gasteiger charge is -2.28. The molecule has 3 atom stereocenters. The molecule has 25 heavy (non-hydrogen) atoms. The smallest absolute Gasteiger partial charge is 0.265 e. The number of likely N-dealkylation sites (tertiary alicyclic amines) is 2. The highest BCUT2D eigenvalue weighted by molar-refractivity contribution is 7.13. The molecule has 0 bridgehead atoms. The van der Waals surface area contributed by atoms with Gasteiger partial charge < -0.3 is 4.90 Å². The van der Waals surface area contributed by atoms with Gasteiger partial charge in [0.2, 0.25) is 0 Å².